The predicted octanol–water partition coefficient (Wildman–Crippen LogP) is 6.85. The Morgan fingerprint density at radius 2 is 1.30 bits per heavy atom. The molecule has 0 saturated carbocycles. The molecule has 0 fully saturated rings. The van der Waals surface area contributed by atoms with Crippen LogP contribution in [-0.4, -0.2) is 18.3 Å². The molecular formula is C17H8F10INO. The molecule has 164 valence electrons. The fourth-order valence-corrected chi connectivity index (χ4v) is 3.18. The largest absolute Gasteiger partial charge is 0.435 e. The van der Waals surface area contributed by atoms with Gasteiger partial charge in [-0.1, -0.05) is 18.2 Å². The molecule has 0 aliphatic heterocycles. The van der Waals surface area contributed by atoms with E-state index >= 15 is 0 Å². The molecule has 1 amide bonds. The third kappa shape index (κ3) is 4.49. The van der Waals surface area contributed by atoms with Crippen molar-refractivity contribution < 1.29 is 48.7 Å². The van der Waals surface area contributed by atoms with Crippen LogP contribution in [0.25, 0.3) is 0 Å². The summed E-state index contributed by atoms with van der Waals surface area (Å²) in [5.74, 6) is -1.11. The molecule has 30 heavy (non-hydrogen) atoms. The molecule has 0 saturated heterocycles. The number of amides is 1. The van der Waals surface area contributed by atoms with Crippen LogP contribution >= 0.6 is 22.6 Å². The summed E-state index contributed by atoms with van der Waals surface area (Å²) in [7, 11) is 0. The van der Waals surface area contributed by atoms with Crippen LogP contribution in [0.1, 0.15) is 21.5 Å². The minimum Gasteiger partial charge on any atom is -0.320 e. The Bertz CT molecular complexity index is 921. The van der Waals surface area contributed by atoms with Crippen LogP contribution in [0.4, 0.5) is 49.6 Å². The number of halogens is 11. The molecule has 0 bridgehead atoms. The van der Waals surface area contributed by atoms with Crippen molar-refractivity contribution in [3.63, 3.8) is 0 Å². The van der Waals surface area contributed by atoms with Crippen molar-refractivity contribution in [2.45, 2.75) is 24.2 Å². The molecule has 0 heterocycles. The number of benzene rings is 2. The first-order valence-corrected chi connectivity index (χ1v) is 8.68. The lowest BCUT2D eigenvalue weighted by molar-refractivity contribution is -0.348. The summed E-state index contributed by atoms with van der Waals surface area (Å²) in [4.78, 5) is 12.1. The van der Waals surface area contributed by atoms with Crippen molar-refractivity contribution in [3.05, 3.63) is 62.7 Å². The van der Waals surface area contributed by atoms with Crippen molar-refractivity contribution in [1.82, 2.24) is 0 Å². The average Bonchev–Trinajstić information content (AvgIpc) is 2.60. The van der Waals surface area contributed by atoms with Crippen LogP contribution in [0.3, 0.4) is 0 Å². The van der Waals surface area contributed by atoms with E-state index in [4.69, 9.17) is 0 Å². The van der Waals surface area contributed by atoms with Crippen LogP contribution in [0.15, 0.2) is 42.5 Å². The smallest absolute Gasteiger partial charge is 0.320 e. The molecule has 1 N–H and O–H groups in total. The summed E-state index contributed by atoms with van der Waals surface area (Å²) in [5, 5.41) is 1.81. The number of anilines is 1. The highest BCUT2D eigenvalue weighted by molar-refractivity contribution is 14.1. The average molecular weight is 559 g/mol. The van der Waals surface area contributed by atoms with Gasteiger partial charge in [0.1, 0.15) is 0 Å². The van der Waals surface area contributed by atoms with E-state index in [2.05, 4.69) is 0 Å². The number of rotatable bonds is 3. The molecule has 2 nitrogen and oxygen atoms in total. The fraction of sp³-hybridized carbons (Fsp3) is 0.235. The lowest BCUT2D eigenvalue weighted by atomic mass is 9.92. The maximum atomic E-state index is 14.2. The second-order valence-electron chi connectivity index (χ2n) is 5.85. The van der Waals surface area contributed by atoms with E-state index in [0.717, 1.165) is 22.6 Å². The molecule has 0 spiro atoms. The second kappa shape index (κ2) is 7.89. The zero-order valence-electron chi connectivity index (χ0n) is 14.1. The number of nitrogens with one attached hydrogen (secondary N) is 1. The summed E-state index contributed by atoms with van der Waals surface area (Å²) >= 11 is 0.985. The van der Waals surface area contributed by atoms with Crippen LogP contribution in [-0.2, 0) is 11.8 Å². The fourth-order valence-electron chi connectivity index (χ4n) is 2.42. The molecular weight excluding hydrogens is 551 g/mol. The Kier molecular flexibility index (Phi) is 6.37. The van der Waals surface area contributed by atoms with E-state index in [0.29, 0.717) is 0 Å². The van der Waals surface area contributed by atoms with E-state index < -0.39 is 56.6 Å². The summed E-state index contributed by atoms with van der Waals surface area (Å²) in [6, 6.07) is 6.01. The first kappa shape index (κ1) is 24.2. The van der Waals surface area contributed by atoms with Gasteiger partial charge in [0.15, 0.2) is 0 Å². The maximum Gasteiger partial charge on any atom is 0.435 e. The monoisotopic (exact) mass is 559 g/mol. The highest BCUT2D eigenvalue weighted by Gasteiger charge is 2.73. The van der Waals surface area contributed by atoms with Crippen molar-refractivity contribution in [1.29, 1.82) is 0 Å². The van der Waals surface area contributed by atoms with E-state index in [-0.39, 0.29) is 11.6 Å². The Labute approximate surface area is 175 Å². The zero-order valence-corrected chi connectivity index (χ0v) is 16.3. The minimum atomic E-state index is -6.59. The van der Waals surface area contributed by atoms with Gasteiger partial charge >= 0.3 is 24.2 Å². The number of alkyl halides is 10. The van der Waals surface area contributed by atoms with Gasteiger partial charge in [0, 0.05) is 14.7 Å². The van der Waals surface area contributed by atoms with Gasteiger partial charge in [-0.15, -0.1) is 0 Å². The number of hydrogen-bond donors (Lipinski definition) is 1. The Morgan fingerprint density at radius 3 is 1.73 bits per heavy atom. The van der Waals surface area contributed by atoms with E-state index in [1.54, 1.807) is 5.32 Å². The third-order valence-electron chi connectivity index (χ3n) is 3.85. The van der Waals surface area contributed by atoms with Gasteiger partial charge in [0.25, 0.3) is 5.91 Å². The van der Waals surface area contributed by atoms with E-state index in [1.165, 1.54) is 30.3 Å². The molecule has 2 rings (SSSR count). The van der Waals surface area contributed by atoms with Crippen molar-refractivity contribution in [2.24, 2.45) is 0 Å². The first-order valence-electron chi connectivity index (χ1n) is 7.60. The van der Waals surface area contributed by atoms with Gasteiger partial charge < -0.3 is 5.32 Å². The zero-order chi connectivity index (χ0) is 23.1. The van der Waals surface area contributed by atoms with E-state index in [1.807, 2.05) is 0 Å². The molecule has 2 aromatic rings. The van der Waals surface area contributed by atoms with E-state index in [9.17, 15) is 48.7 Å². The van der Waals surface area contributed by atoms with Crippen molar-refractivity contribution >= 4 is 34.2 Å². The molecule has 0 unspecified atom stereocenters. The molecule has 0 atom stereocenters. The summed E-state index contributed by atoms with van der Waals surface area (Å²) in [5.41, 5.74) is -11.7. The highest BCUT2D eigenvalue weighted by Crippen LogP contribution is 2.54. The van der Waals surface area contributed by atoms with Crippen molar-refractivity contribution in [2.75, 3.05) is 5.32 Å². The van der Waals surface area contributed by atoms with Gasteiger partial charge in [-0.25, -0.2) is 4.39 Å². The number of carbonyl (C=O) groups excluding carboxylic acids is 1. The summed E-state index contributed by atoms with van der Waals surface area (Å²) in [6.07, 6.45) is -18.7. The Morgan fingerprint density at radius 1 is 0.800 bits per heavy atom. The lowest BCUT2D eigenvalue weighted by Crippen LogP contribution is -2.50. The molecule has 13 heteroatoms. The second-order valence-corrected chi connectivity index (χ2v) is 7.01. The van der Waals surface area contributed by atoms with Crippen molar-refractivity contribution in [3.8, 4) is 0 Å². The van der Waals surface area contributed by atoms with Gasteiger partial charge in [-0.2, -0.15) is 39.5 Å². The van der Waals surface area contributed by atoms with Gasteiger partial charge in [-0.3, -0.25) is 4.79 Å². The lowest BCUT2D eigenvalue weighted by Gasteiger charge is -2.31. The molecule has 2 aromatic carbocycles. The molecule has 0 aliphatic carbocycles. The summed E-state index contributed by atoms with van der Waals surface area (Å²) < 4.78 is 131. The quantitative estimate of drug-likeness (QED) is 0.324. The third-order valence-corrected chi connectivity index (χ3v) is 4.70. The number of carbonyl (C=O) groups is 1. The molecule has 0 aliphatic rings. The first-order chi connectivity index (χ1) is 13.5. The van der Waals surface area contributed by atoms with Gasteiger partial charge in [-0.05, 0) is 46.9 Å². The normalized spacial score (nSPS) is 13.3. The molecule has 0 radical (unpaired) electrons. The van der Waals surface area contributed by atoms with Crippen LogP contribution in [0, 0.1) is 3.57 Å². The molecule has 0 aromatic heterocycles. The minimum absolute atomic E-state index is 0.0443. The van der Waals surface area contributed by atoms with Crippen LogP contribution in [0.2, 0.25) is 0 Å². The highest BCUT2D eigenvalue weighted by atomic mass is 127. The predicted molar refractivity (Wildman–Crippen MR) is 93.5 cm³/mol. The maximum absolute atomic E-state index is 14.2. The Hall–Kier alpha value is -2.06. The Balaban J connectivity index is 2.70. The SMILES string of the molecule is O=C(Nc1c(I)cc(C(F)(C(F)(F)F)C(F)(F)F)cc1C(F)(F)F)c1ccccc1. The summed E-state index contributed by atoms with van der Waals surface area (Å²) in [6.45, 7) is 0. The van der Waals surface area contributed by atoms with Crippen LogP contribution in [0.5, 0.6) is 0 Å². The number of hydrogen-bond acceptors (Lipinski definition) is 1. The topological polar surface area (TPSA) is 29.1 Å². The van der Waals surface area contributed by atoms with Gasteiger partial charge in [0.05, 0.1) is 11.3 Å². The van der Waals surface area contributed by atoms with Gasteiger partial charge in [0.2, 0.25) is 0 Å². The van der Waals surface area contributed by atoms with Crippen LogP contribution < -0.4 is 5.32 Å². The standard InChI is InChI=1S/C17H8F10INO/c18-14(16(22,23)24,17(25,26)27)9-6-10(15(19,20)21)12(11(28)7-9)29-13(30)8-4-2-1-3-5-8/h1-7H,(H,29,30).